The lowest BCUT2D eigenvalue weighted by Gasteiger charge is -2.11. The van der Waals surface area contributed by atoms with Crippen LogP contribution in [0.1, 0.15) is 0 Å². The maximum atomic E-state index is 6.02. The van der Waals surface area contributed by atoms with E-state index in [1.807, 2.05) is 42.5 Å². The van der Waals surface area contributed by atoms with E-state index in [1.54, 1.807) is 6.07 Å². The van der Waals surface area contributed by atoms with E-state index < -0.39 is 0 Å². The van der Waals surface area contributed by atoms with E-state index >= 15 is 0 Å². The Bertz CT molecular complexity index is 737. The zero-order valence-corrected chi connectivity index (χ0v) is 12.1. The summed E-state index contributed by atoms with van der Waals surface area (Å²) in [4.78, 5) is 0. The lowest BCUT2D eigenvalue weighted by atomic mass is 10.1. The maximum absolute atomic E-state index is 6.02. The predicted molar refractivity (Wildman–Crippen MR) is 91.0 cm³/mol. The first-order valence-corrected chi connectivity index (χ1v) is 7.08. The van der Waals surface area contributed by atoms with Crippen LogP contribution in [-0.2, 0) is 0 Å². The fraction of sp³-hybridized carbons (Fsp3) is 0. The van der Waals surface area contributed by atoms with Crippen molar-refractivity contribution in [3.05, 3.63) is 77.8 Å². The normalized spacial score (nSPS) is 10.3. The number of halogens is 1. The third-order valence-corrected chi connectivity index (χ3v) is 3.65. The Morgan fingerprint density at radius 3 is 2.10 bits per heavy atom. The first kappa shape index (κ1) is 13.5. The maximum Gasteiger partial charge on any atom is 0.0742 e. The first-order chi connectivity index (χ1) is 10.2. The van der Waals surface area contributed by atoms with Gasteiger partial charge < -0.3 is 11.1 Å². The molecule has 0 heterocycles. The molecule has 3 aromatic rings. The molecule has 0 spiro atoms. The summed E-state index contributed by atoms with van der Waals surface area (Å²) in [6.45, 7) is 0. The highest BCUT2D eigenvalue weighted by Crippen LogP contribution is 2.30. The number of nitrogens with two attached hydrogens (primary N) is 1. The van der Waals surface area contributed by atoms with E-state index in [-0.39, 0.29) is 0 Å². The molecule has 0 bridgehead atoms. The summed E-state index contributed by atoms with van der Waals surface area (Å²) < 4.78 is 0. The molecule has 0 radical (unpaired) electrons. The molecule has 2 nitrogen and oxygen atoms in total. The Hall–Kier alpha value is -2.45. The van der Waals surface area contributed by atoms with Crippen molar-refractivity contribution in [1.29, 1.82) is 0 Å². The third-order valence-electron chi connectivity index (χ3n) is 3.32. The molecular weight excluding hydrogens is 280 g/mol. The van der Waals surface area contributed by atoms with Crippen molar-refractivity contribution < 1.29 is 0 Å². The van der Waals surface area contributed by atoms with Crippen molar-refractivity contribution in [3.63, 3.8) is 0 Å². The van der Waals surface area contributed by atoms with Gasteiger partial charge in [-0.05, 0) is 35.4 Å². The fourth-order valence-electron chi connectivity index (χ4n) is 2.18. The zero-order chi connectivity index (χ0) is 14.7. The number of rotatable bonds is 3. The molecule has 0 unspecified atom stereocenters. The number of nitrogen functional groups attached to an aromatic ring is 1. The summed E-state index contributed by atoms with van der Waals surface area (Å²) in [5.41, 5.74) is 10.7. The van der Waals surface area contributed by atoms with Gasteiger partial charge in [-0.3, -0.25) is 0 Å². The Balaban J connectivity index is 1.83. The highest BCUT2D eigenvalue weighted by atomic mass is 35.5. The smallest absolute Gasteiger partial charge is 0.0742 e. The lowest BCUT2D eigenvalue weighted by Crippen LogP contribution is -1.96. The van der Waals surface area contributed by atoms with E-state index in [9.17, 15) is 0 Å². The average molecular weight is 295 g/mol. The molecule has 0 aromatic heterocycles. The van der Waals surface area contributed by atoms with Crippen LogP contribution in [0.2, 0.25) is 5.02 Å². The molecular formula is C18H15ClN2. The van der Waals surface area contributed by atoms with Gasteiger partial charge in [-0.25, -0.2) is 0 Å². The van der Waals surface area contributed by atoms with Crippen molar-refractivity contribution in [2.75, 3.05) is 11.1 Å². The van der Waals surface area contributed by atoms with Crippen LogP contribution in [0.3, 0.4) is 0 Å². The second-order valence-corrected chi connectivity index (χ2v) is 5.18. The van der Waals surface area contributed by atoms with Crippen LogP contribution in [0, 0.1) is 0 Å². The predicted octanol–water partition coefficient (Wildman–Crippen LogP) is 5.33. The van der Waals surface area contributed by atoms with Crippen LogP contribution in [0.15, 0.2) is 72.8 Å². The number of anilines is 3. The van der Waals surface area contributed by atoms with Crippen LogP contribution in [-0.4, -0.2) is 0 Å². The Morgan fingerprint density at radius 1 is 0.714 bits per heavy atom. The highest BCUT2D eigenvalue weighted by Gasteiger charge is 2.03. The van der Waals surface area contributed by atoms with Crippen molar-refractivity contribution in [2.45, 2.75) is 0 Å². The molecule has 0 atom stereocenters. The minimum Gasteiger partial charge on any atom is -0.396 e. The molecule has 0 aliphatic heterocycles. The Morgan fingerprint density at radius 2 is 1.38 bits per heavy atom. The molecule has 0 amide bonds. The van der Waals surface area contributed by atoms with Gasteiger partial charge in [0.2, 0.25) is 0 Å². The standard InChI is InChI=1S/C18H15ClN2/c19-16-7-4-8-17(18(16)20)21-15-11-9-14(10-12-15)13-5-2-1-3-6-13/h1-12,21H,20H2. The van der Waals surface area contributed by atoms with Gasteiger partial charge in [0.25, 0.3) is 0 Å². The largest absolute Gasteiger partial charge is 0.396 e. The van der Waals surface area contributed by atoms with Gasteiger partial charge >= 0.3 is 0 Å². The lowest BCUT2D eigenvalue weighted by molar-refractivity contribution is 1.54. The second-order valence-electron chi connectivity index (χ2n) is 4.77. The summed E-state index contributed by atoms with van der Waals surface area (Å²) in [6, 6.07) is 24.1. The number of benzene rings is 3. The summed E-state index contributed by atoms with van der Waals surface area (Å²) in [6.07, 6.45) is 0. The van der Waals surface area contributed by atoms with E-state index in [0.29, 0.717) is 10.7 Å². The molecule has 0 aliphatic rings. The van der Waals surface area contributed by atoms with Crippen LogP contribution >= 0.6 is 11.6 Å². The van der Waals surface area contributed by atoms with E-state index in [4.69, 9.17) is 17.3 Å². The first-order valence-electron chi connectivity index (χ1n) is 6.70. The molecule has 3 rings (SSSR count). The SMILES string of the molecule is Nc1c(Cl)cccc1Nc1ccc(-c2ccccc2)cc1. The van der Waals surface area contributed by atoms with Gasteiger partial charge in [0.05, 0.1) is 16.4 Å². The molecule has 104 valence electrons. The minimum absolute atomic E-state index is 0.556. The van der Waals surface area contributed by atoms with Gasteiger partial charge in [-0.1, -0.05) is 60.1 Å². The van der Waals surface area contributed by atoms with Gasteiger partial charge in [0.1, 0.15) is 0 Å². The van der Waals surface area contributed by atoms with Gasteiger partial charge in [-0.15, -0.1) is 0 Å². The molecule has 0 fully saturated rings. The third kappa shape index (κ3) is 3.01. The van der Waals surface area contributed by atoms with Crippen LogP contribution in [0.5, 0.6) is 0 Å². The molecule has 3 heteroatoms. The van der Waals surface area contributed by atoms with Crippen molar-refractivity contribution in [3.8, 4) is 11.1 Å². The topological polar surface area (TPSA) is 38.0 Å². The Labute approximate surface area is 129 Å². The van der Waals surface area contributed by atoms with Crippen molar-refractivity contribution in [1.82, 2.24) is 0 Å². The van der Waals surface area contributed by atoms with E-state index in [0.717, 1.165) is 11.4 Å². The second kappa shape index (κ2) is 5.90. The summed E-state index contributed by atoms with van der Waals surface area (Å²) in [5.74, 6) is 0. The number of nitrogens with one attached hydrogen (secondary N) is 1. The van der Waals surface area contributed by atoms with E-state index in [2.05, 4.69) is 29.6 Å². The molecule has 0 saturated heterocycles. The van der Waals surface area contributed by atoms with Gasteiger partial charge in [0.15, 0.2) is 0 Å². The fourth-order valence-corrected chi connectivity index (χ4v) is 2.35. The van der Waals surface area contributed by atoms with Crippen molar-refractivity contribution in [2.24, 2.45) is 0 Å². The van der Waals surface area contributed by atoms with Crippen LogP contribution in [0.25, 0.3) is 11.1 Å². The quantitative estimate of drug-likeness (QED) is 0.640. The zero-order valence-electron chi connectivity index (χ0n) is 11.4. The van der Waals surface area contributed by atoms with Gasteiger partial charge in [0, 0.05) is 5.69 Å². The minimum atomic E-state index is 0.556. The molecule has 0 aliphatic carbocycles. The summed E-state index contributed by atoms with van der Waals surface area (Å²) >= 11 is 6.02. The van der Waals surface area contributed by atoms with Gasteiger partial charge in [-0.2, -0.15) is 0 Å². The molecule has 3 aromatic carbocycles. The number of hydrogen-bond donors (Lipinski definition) is 2. The van der Waals surface area contributed by atoms with Crippen molar-refractivity contribution >= 4 is 28.7 Å². The average Bonchev–Trinajstić information content (AvgIpc) is 2.53. The monoisotopic (exact) mass is 294 g/mol. The van der Waals surface area contributed by atoms with E-state index in [1.165, 1.54) is 11.1 Å². The number of hydrogen-bond acceptors (Lipinski definition) is 2. The molecule has 21 heavy (non-hydrogen) atoms. The summed E-state index contributed by atoms with van der Waals surface area (Å²) in [7, 11) is 0. The molecule has 0 saturated carbocycles. The number of para-hydroxylation sites is 1. The Kier molecular flexibility index (Phi) is 3.80. The summed E-state index contributed by atoms with van der Waals surface area (Å²) in [5, 5.41) is 3.84. The highest BCUT2D eigenvalue weighted by molar-refractivity contribution is 6.33. The van der Waals surface area contributed by atoms with Crippen LogP contribution in [0.4, 0.5) is 17.1 Å². The van der Waals surface area contributed by atoms with Crippen LogP contribution < -0.4 is 11.1 Å². The molecule has 3 N–H and O–H groups in total.